The molecule has 0 N–H and O–H groups in total. The van der Waals surface area contributed by atoms with Crippen molar-refractivity contribution in [3.8, 4) is 11.4 Å². The second-order valence-electron chi connectivity index (χ2n) is 21.1. The van der Waals surface area contributed by atoms with Crippen molar-refractivity contribution in [2.75, 3.05) is 0 Å². The van der Waals surface area contributed by atoms with Gasteiger partial charge in [0.1, 0.15) is 0 Å². The molecular weight excluding hydrogens is 845 g/mol. The van der Waals surface area contributed by atoms with Crippen LogP contribution >= 0.6 is 0 Å². The third-order valence-corrected chi connectivity index (χ3v) is 14.8. The molecule has 0 atom stereocenters. The number of rotatable bonds is 9. The molecule has 0 aliphatic heterocycles. The quantitative estimate of drug-likeness (QED) is 0.138. The molecule has 8 heteroatoms. The summed E-state index contributed by atoms with van der Waals surface area (Å²) in [7, 11) is 17.0. The lowest BCUT2D eigenvalue weighted by atomic mass is 9.83. The minimum absolute atomic E-state index is 0.0338. The second-order valence-corrected chi connectivity index (χ2v) is 21.1. The molecule has 0 bridgehead atoms. The minimum atomic E-state index is 0.0338. The molecule has 362 valence electrons. The fourth-order valence-electron chi connectivity index (χ4n) is 10.4. The van der Waals surface area contributed by atoms with Crippen molar-refractivity contribution in [3.63, 3.8) is 0 Å². The molecule has 0 aliphatic rings. The van der Waals surface area contributed by atoms with Crippen LogP contribution in [0.4, 0.5) is 0 Å². The van der Waals surface area contributed by atoms with Crippen molar-refractivity contribution < 1.29 is 0 Å². The van der Waals surface area contributed by atoms with E-state index in [1.165, 1.54) is 78.7 Å². The van der Waals surface area contributed by atoms with Gasteiger partial charge < -0.3 is 36.5 Å². The molecule has 8 aromatic heterocycles. The van der Waals surface area contributed by atoms with Crippen molar-refractivity contribution in [3.05, 3.63) is 204 Å². The van der Waals surface area contributed by atoms with Crippen LogP contribution in [-0.2, 0) is 80.1 Å². The Morgan fingerprint density at radius 3 is 1.00 bits per heavy atom. The van der Waals surface area contributed by atoms with Crippen molar-refractivity contribution in [1.82, 2.24) is 36.5 Å². The van der Waals surface area contributed by atoms with Crippen LogP contribution in [0.5, 0.6) is 0 Å². The summed E-state index contributed by atoms with van der Waals surface area (Å²) in [6.45, 7) is 18.1. The zero-order valence-corrected chi connectivity index (χ0v) is 44.5. The Bertz CT molecular complexity index is 3060. The Balaban J connectivity index is 0.000000137. The van der Waals surface area contributed by atoms with Gasteiger partial charge in [-0.3, -0.25) is 0 Å². The van der Waals surface area contributed by atoms with Crippen LogP contribution in [0.2, 0.25) is 0 Å². The van der Waals surface area contributed by atoms with Gasteiger partial charge >= 0.3 is 0 Å². The van der Waals surface area contributed by atoms with Crippen molar-refractivity contribution >= 4 is 21.8 Å². The summed E-state index contributed by atoms with van der Waals surface area (Å²) in [6.07, 6.45) is 10.7. The van der Waals surface area contributed by atoms with Gasteiger partial charge in [0.15, 0.2) is 0 Å². The van der Waals surface area contributed by atoms with Gasteiger partial charge in [-0.25, -0.2) is 0 Å². The third kappa shape index (κ3) is 10.5. The van der Waals surface area contributed by atoms with E-state index in [0.717, 1.165) is 12.8 Å². The smallest absolute Gasteiger partial charge is 0.0656 e. The van der Waals surface area contributed by atoms with Crippen LogP contribution < -0.4 is 0 Å². The molecule has 10 aromatic rings. The molecule has 0 radical (unpaired) electrons. The van der Waals surface area contributed by atoms with E-state index >= 15 is 0 Å². The maximum Gasteiger partial charge on any atom is 0.0656 e. The van der Waals surface area contributed by atoms with Crippen molar-refractivity contribution in [1.29, 1.82) is 0 Å². The Hall–Kier alpha value is -6.80. The van der Waals surface area contributed by atoms with Crippen LogP contribution in [0.1, 0.15) is 87.1 Å². The number of para-hydroxylation sites is 2. The third-order valence-electron chi connectivity index (χ3n) is 14.8. The van der Waals surface area contributed by atoms with E-state index < -0.39 is 0 Å². The monoisotopic (exact) mass is 923 g/mol. The number of hydrogen-bond acceptors (Lipinski definition) is 0. The summed E-state index contributed by atoms with van der Waals surface area (Å²) < 4.78 is 17.9. The maximum absolute atomic E-state index is 2.34. The van der Waals surface area contributed by atoms with Gasteiger partial charge in [0.05, 0.1) is 11.4 Å². The maximum atomic E-state index is 2.34. The number of aromatic nitrogens is 8. The van der Waals surface area contributed by atoms with Gasteiger partial charge in [0.2, 0.25) is 0 Å². The molecule has 8 nitrogen and oxygen atoms in total. The molecule has 0 saturated carbocycles. The topological polar surface area (TPSA) is 39.4 Å². The molecule has 0 unspecified atom stereocenters. The van der Waals surface area contributed by atoms with E-state index in [2.05, 4.69) is 307 Å². The highest BCUT2D eigenvalue weighted by Gasteiger charge is 2.29. The minimum Gasteiger partial charge on any atom is -0.354 e. The first kappa shape index (κ1) is 50.1. The molecule has 0 aliphatic carbocycles. The molecule has 0 saturated heterocycles. The van der Waals surface area contributed by atoms with Crippen LogP contribution in [0.25, 0.3) is 33.2 Å². The van der Waals surface area contributed by atoms with E-state index in [1.54, 1.807) is 0 Å². The molecule has 0 fully saturated rings. The lowest BCUT2D eigenvalue weighted by molar-refractivity contribution is 0.346. The average Bonchev–Trinajstić information content (AvgIpc) is 4.21. The molecule has 0 spiro atoms. The predicted molar refractivity (Wildman–Crippen MR) is 292 cm³/mol. The summed E-state index contributed by atoms with van der Waals surface area (Å²) in [5.41, 5.74) is 16.2. The molecular formula is C61H78N8. The molecule has 0 amide bonds. The van der Waals surface area contributed by atoms with Gasteiger partial charge in [-0.1, -0.05) is 50.2 Å². The van der Waals surface area contributed by atoms with Crippen LogP contribution in [-0.4, -0.2) is 36.5 Å². The van der Waals surface area contributed by atoms with Crippen LogP contribution in [0.15, 0.2) is 158 Å². The highest BCUT2D eigenvalue weighted by Crippen LogP contribution is 2.35. The zero-order valence-electron chi connectivity index (χ0n) is 44.5. The zero-order chi connectivity index (χ0) is 50.0. The second kappa shape index (κ2) is 20.0. The number of nitrogens with zero attached hydrogens (tertiary/aromatic N) is 8. The van der Waals surface area contributed by atoms with Gasteiger partial charge in [-0.05, 0) is 157 Å². The largest absolute Gasteiger partial charge is 0.354 e. The van der Waals surface area contributed by atoms with Gasteiger partial charge in [0.25, 0.3) is 0 Å². The Morgan fingerprint density at radius 2 is 0.696 bits per heavy atom. The van der Waals surface area contributed by atoms with E-state index in [9.17, 15) is 0 Å². The highest BCUT2D eigenvalue weighted by molar-refractivity contribution is 5.91. The summed E-state index contributed by atoms with van der Waals surface area (Å²) in [6, 6.07) is 47.7. The number of fused-ring (bicyclic) bond motifs is 2. The summed E-state index contributed by atoms with van der Waals surface area (Å²) in [4.78, 5) is 0. The summed E-state index contributed by atoms with van der Waals surface area (Å²) >= 11 is 0. The van der Waals surface area contributed by atoms with E-state index in [4.69, 9.17) is 0 Å². The number of aryl methyl sites for hydroxylation is 8. The summed E-state index contributed by atoms with van der Waals surface area (Å²) in [5.74, 6) is 0. The van der Waals surface area contributed by atoms with E-state index in [-0.39, 0.29) is 16.2 Å². The van der Waals surface area contributed by atoms with Gasteiger partial charge in [0, 0.05) is 159 Å². The Kier molecular flexibility index (Phi) is 14.5. The fourth-order valence-corrected chi connectivity index (χ4v) is 10.4. The predicted octanol–water partition coefficient (Wildman–Crippen LogP) is 13.5. The van der Waals surface area contributed by atoms with Gasteiger partial charge in [-0.2, -0.15) is 0 Å². The Morgan fingerprint density at radius 1 is 0.348 bits per heavy atom. The summed E-state index contributed by atoms with van der Waals surface area (Å²) in [5, 5.41) is 2.57. The van der Waals surface area contributed by atoms with E-state index in [0.29, 0.717) is 0 Å². The number of hydrogen-bond donors (Lipinski definition) is 0. The molecule has 69 heavy (non-hydrogen) atoms. The SMILES string of the molecule is Cc1ccc(C(C)(C)c2ccc(C)n2C)n1C.Cn1c(-c2cc3ccccc3n2C)cc2ccccc21.Cn1cccc1C(C)(C)c1cccn1C.Cn1cccc1CC(C)(C)Cc1cccn1C. The first-order valence-corrected chi connectivity index (χ1v) is 24.4. The lowest BCUT2D eigenvalue weighted by Gasteiger charge is -2.27. The van der Waals surface area contributed by atoms with Crippen molar-refractivity contribution in [2.45, 2.75) is 79.1 Å². The first-order chi connectivity index (χ1) is 32.6. The first-order valence-electron chi connectivity index (χ1n) is 24.4. The standard InChI is InChI=1S/C18H16N2.2C15H22N2.C13H18N2/c1-19-15-9-5-3-7-13(15)11-17(19)18-12-14-8-4-6-10-16(14)20(18)2;1-11-7-9-13(16(11)5)15(3,4)14-10-8-12(2)17(14)6;1-15(2,11-13-7-5-9-16(13)3)12-14-8-6-10-17(14)4;1-13(2,11-7-5-9-14(11)3)12-8-6-10-15(12)4/h3-12H,1-2H3;7-10H,1-6H3;5-10H,11-12H2,1-4H3;5-10H,1-4H3. The highest BCUT2D eigenvalue weighted by atomic mass is 15.0. The van der Waals surface area contributed by atoms with E-state index in [1.807, 2.05) is 0 Å². The van der Waals surface area contributed by atoms with Crippen molar-refractivity contribution in [2.24, 2.45) is 61.8 Å². The van der Waals surface area contributed by atoms with Crippen LogP contribution in [0, 0.1) is 19.3 Å². The normalized spacial score (nSPS) is 11.9. The van der Waals surface area contributed by atoms with Gasteiger partial charge in [-0.15, -0.1) is 0 Å². The fraction of sp³-hybridized carbons (Fsp3) is 0.344. The van der Waals surface area contributed by atoms with Crippen LogP contribution in [0.3, 0.4) is 0 Å². The molecule has 2 aromatic carbocycles. The molecule has 8 heterocycles. The average molecular weight is 923 g/mol. The Labute approximate surface area is 412 Å². The number of benzene rings is 2. The molecule has 10 rings (SSSR count). The lowest BCUT2D eigenvalue weighted by Crippen LogP contribution is -2.25.